The van der Waals surface area contributed by atoms with Crippen molar-refractivity contribution in [2.75, 3.05) is 0 Å². The summed E-state index contributed by atoms with van der Waals surface area (Å²) in [5.74, 6) is -3.75. The molecule has 0 radical (unpaired) electrons. The van der Waals surface area contributed by atoms with Gasteiger partial charge in [-0.2, -0.15) is 26.3 Å². The Balaban J connectivity index is 1.13. The van der Waals surface area contributed by atoms with Crippen molar-refractivity contribution in [3.63, 3.8) is 0 Å². The zero-order valence-corrected chi connectivity index (χ0v) is 20.3. The Hall–Kier alpha value is -2.04. The van der Waals surface area contributed by atoms with Crippen molar-refractivity contribution < 1.29 is 50.5 Å². The Morgan fingerprint density at radius 1 is 0.947 bits per heavy atom. The van der Waals surface area contributed by atoms with E-state index < -0.39 is 66.2 Å². The summed E-state index contributed by atoms with van der Waals surface area (Å²) in [5.41, 5.74) is -4.10. The minimum Gasteiger partial charge on any atom is -0.458 e. The van der Waals surface area contributed by atoms with Crippen LogP contribution in [0, 0.1) is 59.2 Å². The van der Waals surface area contributed by atoms with Crippen molar-refractivity contribution >= 4 is 11.9 Å². The number of hydrogen-bond donors (Lipinski definition) is 1. The number of aliphatic hydroxyl groups is 1. The van der Waals surface area contributed by atoms with Crippen molar-refractivity contribution in [3.05, 3.63) is 23.8 Å². The molecule has 5 fully saturated rings. The third kappa shape index (κ3) is 3.29. The summed E-state index contributed by atoms with van der Waals surface area (Å²) in [6.45, 7) is 0. The fourth-order valence-corrected chi connectivity index (χ4v) is 9.34. The summed E-state index contributed by atoms with van der Waals surface area (Å²) in [5, 5.41) is 9.86. The smallest absolute Gasteiger partial charge is 0.426 e. The van der Waals surface area contributed by atoms with E-state index in [1.54, 1.807) is 0 Å². The highest BCUT2D eigenvalue weighted by Crippen LogP contribution is 2.65. The second kappa shape index (κ2) is 7.79. The molecular weight excluding hydrogens is 518 g/mol. The molecule has 7 aliphatic rings. The van der Waals surface area contributed by atoms with Crippen LogP contribution in [0.3, 0.4) is 0 Å². The summed E-state index contributed by atoms with van der Waals surface area (Å²) >= 11 is 0. The maximum Gasteiger partial charge on any atom is 0.426 e. The number of halogens is 6. The van der Waals surface area contributed by atoms with E-state index in [1.165, 1.54) is 0 Å². The first-order chi connectivity index (χ1) is 17.8. The molecule has 0 aromatic rings. The zero-order valence-electron chi connectivity index (χ0n) is 20.3. The van der Waals surface area contributed by atoms with Crippen LogP contribution in [0.2, 0.25) is 0 Å². The summed E-state index contributed by atoms with van der Waals surface area (Å²) in [4.78, 5) is 26.0. The normalized spacial score (nSPS) is 46.3. The number of ether oxygens (including phenoxy) is 2. The second-order valence-electron chi connectivity index (χ2n) is 12.6. The van der Waals surface area contributed by atoms with Gasteiger partial charge < -0.3 is 14.6 Å². The van der Waals surface area contributed by atoms with Crippen LogP contribution in [0.15, 0.2) is 23.8 Å². The lowest BCUT2D eigenvalue weighted by Crippen LogP contribution is -2.58. The quantitative estimate of drug-likeness (QED) is 0.306. The number of fused-ring (bicyclic) bond motifs is 5. The predicted molar refractivity (Wildman–Crippen MR) is 117 cm³/mol. The van der Waals surface area contributed by atoms with Gasteiger partial charge in [0.2, 0.25) is 0 Å². The third-order valence-electron chi connectivity index (χ3n) is 10.8. The summed E-state index contributed by atoms with van der Waals surface area (Å²) in [7, 11) is 0. The van der Waals surface area contributed by atoms with E-state index in [0.29, 0.717) is 24.3 Å². The van der Waals surface area contributed by atoms with Crippen LogP contribution in [0.4, 0.5) is 26.3 Å². The van der Waals surface area contributed by atoms with Gasteiger partial charge in [0.15, 0.2) is 0 Å². The molecule has 0 aromatic carbocycles. The topological polar surface area (TPSA) is 72.8 Å². The molecule has 0 amide bonds. The summed E-state index contributed by atoms with van der Waals surface area (Å²) in [6.07, 6.45) is -5.62. The molecule has 1 saturated heterocycles. The second-order valence-corrected chi connectivity index (χ2v) is 12.6. The Morgan fingerprint density at radius 3 is 2.29 bits per heavy atom. The van der Waals surface area contributed by atoms with Gasteiger partial charge in [0.25, 0.3) is 5.60 Å². The van der Waals surface area contributed by atoms with Crippen molar-refractivity contribution in [2.45, 2.75) is 68.7 Å². The predicted octanol–water partition coefficient (Wildman–Crippen LogP) is 4.75. The summed E-state index contributed by atoms with van der Waals surface area (Å²) < 4.78 is 92.3. The van der Waals surface area contributed by atoms with E-state index >= 15 is 0 Å². The molecule has 6 aliphatic carbocycles. The molecule has 6 bridgehead atoms. The number of alkyl halides is 6. The van der Waals surface area contributed by atoms with Crippen LogP contribution >= 0.6 is 0 Å². The Morgan fingerprint density at radius 2 is 1.68 bits per heavy atom. The number of hydrogen-bond acceptors (Lipinski definition) is 5. The highest BCUT2D eigenvalue weighted by Gasteiger charge is 2.73. The molecule has 0 aromatic heterocycles. The lowest BCUT2D eigenvalue weighted by Gasteiger charge is -2.39. The average molecular weight is 547 g/mol. The van der Waals surface area contributed by atoms with Crippen LogP contribution < -0.4 is 0 Å². The molecule has 4 saturated carbocycles. The molecule has 11 heteroatoms. The highest BCUT2D eigenvalue weighted by atomic mass is 19.4. The fraction of sp³-hybridized carbons (Fsp3) is 0.778. The molecule has 0 spiro atoms. The van der Waals surface area contributed by atoms with Gasteiger partial charge in [-0.25, -0.2) is 0 Å². The maximum absolute atomic E-state index is 13.4. The molecule has 208 valence electrons. The van der Waals surface area contributed by atoms with Gasteiger partial charge in [-0.15, -0.1) is 0 Å². The molecule has 7 rings (SSSR count). The standard InChI is InChI=1S/C27H28F6O5/c28-26(29,30)25(36,27(31,32)33)9-13-4-11-6-14(13)16(7-11)19-17-8-18-20(19)24(35)38-22(18)21(17)37-23(34)15-5-10-1-2-12(15)3-10/h1-2,7,10-15,17-22,36H,3-6,8-9H2. The Labute approximate surface area is 214 Å². The van der Waals surface area contributed by atoms with Gasteiger partial charge in [-0.3, -0.25) is 9.59 Å². The molecule has 1 aliphatic heterocycles. The average Bonchev–Trinajstić information content (AvgIpc) is 3.65. The fourth-order valence-electron chi connectivity index (χ4n) is 9.34. The van der Waals surface area contributed by atoms with Gasteiger partial charge >= 0.3 is 24.3 Å². The van der Waals surface area contributed by atoms with Crippen LogP contribution in [-0.4, -0.2) is 47.2 Å². The van der Waals surface area contributed by atoms with E-state index in [0.717, 1.165) is 12.8 Å². The van der Waals surface area contributed by atoms with Crippen LogP contribution in [0.25, 0.3) is 0 Å². The minimum atomic E-state index is -5.86. The van der Waals surface area contributed by atoms with E-state index in [1.807, 2.05) is 12.2 Å². The minimum absolute atomic E-state index is 0.122. The molecule has 12 atom stereocenters. The third-order valence-corrected chi connectivity index (χ3v) is 10.8. The van der Waals surface area contributed by atoms with Crippen molar-refractivity contribution in [1.82, 2.24) is 0 Å². The van der Waals surface area contributed by atoms with Crippen LogP contribution in [0.1, 0.15) is 38.5 Å². The Bertz CT molecular complexity index is 1110. The van der Waals surface area contributed by atoms with E-state index in [4.69, 9.17) is 9.47 Å². The first kappa shape index (κ1) is 25.0. The van der Waals surface area contributed by atoms with Gasteiger partial charge in [-0.05, 0) is 68.1 Å². The van der Waals surface area contributed by atoms with Gasteiger partial charge in [0, 0.05) is 17.8 Å². The first-order valence-corrected chi connectivity index (χ1v) is 13.4. The van der Waals surface area contributed by atoms with Crippen molar-refractivity contribution in [2.24, 2.45) is 59.2 Å². The van der Waals surface area contributed by atoms with Gasteiger partial charge in [0.05, 0.1) is 11.8 Å². The highest BCUT2D eigenvalue weighted by molar-refractivity contribution is 5.79. The molecule has 12 unspecified atom stereocenters. The van der Waals surface area contributed by atoms with Crippen LogP contribution in [0.5, 0.6) is 0 Å². The first-order valence-electron chi connectivity index (χ1n) is 13.4. The van der Waals surface area contributed by atoms with E-state index in [-0.39, 0.29) is 42.0 Å². The van der Waals surface area contributed by atoms with Gasteiger partial charge in [-0.1, -0.05) is 23.8 Å². The number of allylic oxidation sites excluding steroid dienone is 4. The summed E-state index contributed by atoms with van der Waals surface area (Å²) in [6, 6.07) is 0. The van der Waals surface area contributed by atoms with E-state index in [2.05, 4.69) is 6.08 Å². The maximum atomic E-state index is 13.4. The lowest BCUT2D eigenvalue weighted by molar-refractivity contribution is -0.373. The zero-order chi connectivity index (χ0) is 26.9. The largest absolute Gasteiger partial charge is 0.458 e. The SMILES string of the molecule is O=C(OC1C2CC3C1OC(=O)C3C2C1=CC2CC(CC(O)(C(F)(F)F)C(F)(F)F)C1C2)C1CC2C=CC1C2. The van der Waals surface area contributed by atoms with Crippen molar-refractivity contribution in [1.29, 1.82) is 0 Å². The Kier molecular flexibility index (Phi) is 5.11. The van der Waals surface area contributed by atoms with Crippen molar-refractivity contribution in [3.8, 4) is 0 Å². The number of rotatable bonds is 5. The molecule has 5 nitrogen and oxygen atoms in total. The number of esters is 2. The molecule has 38 heavy (non-hydrogen) atoms. The molecule has 1 N–H and O–H groups in total. The van der Waals surface area contributed by atoms with E-state index in [9.17, 15) is 41.0 Å². The molecular formula is C27H28F6O5. The van der Waals surface area contributed by atoms with Gasteiger partial charge in [0.1, 0.15) is 12.2 Å². The number of carbonyl (C=O) groups is 2. The number of carbonyl (C=O) groups excluding carboxylic acids is 2. The molecule has 1 heterocycles. The monoisotopic (exact) mass is 546 g/mol. The van der Waals surface area contributed by atoms with Crippen LogP contribution in [-0.2, 0) is 19.1 Å². The lowest BCUT2D eigenvalue weighted by atomic mass is 9.68.